The van der Waals surface area contributed by atoms with E-state index in [2.05, 4.69) is 20.7 Å². The van der Waals surface area contributed by atoms with Crippen LogP contribution in [0.3, 0.4) is 0 Å². The third kappa shape index (κ3) is 5.22. The van der Waals surface area contributed by atoms with Crippen molar-refractivity contribution < 1.29 is 13.5 Å². The number of hydrogen-bond donors (Lipinski definition) is 2. The van der Waals surface area contributed by atoms with Gasteiger partial charge in [-0.15, -0.1) is 0 Å². The molecule has 0 amide bonds. The molecule has 0 spiro atoms. The van der Waals surface area contributed by atoms with Crippen molar-refractivity contribution in [3.63, 3.8) is 0 Å². The van der Waals surface area contributed by atoms with Crippen molar-refractivity contribution in [2.24, 2.45) is 5.92 Å². The fraction of sp³-hybridized carbons (Fsp3) is 0.538. The van der Waals surface area contributed by atoms with Crippen molar-refractivity contribution in [3.8, 4) is 0 Å². The largest absolute Gasteiger partial charge is 0.396 e. The highest BCUT2D eigenvalue weighted by molar-refractivity contribution is 9.10. The highest BCUT2D eigenvalue weighted by Gasteiger charge is 2.14. The fourth-order valence-corrected chi connectivity index (χ4v) is 3.02. The highest BCUT2D eigenvalue weighted by atomic mass is 79.9. The van der Waals surface area contributed by atoms with Crippen LogP contribution in [-0.4, -0.2) is 26.7 Å². The van der Waals surface area contributed by atoms with Gasteiger partial charge in [0.05, 0.1) is 4.90 Å². The lowest BCUT2D eigenvalue weighted by atomic mass is 10.1. The van der Waals surface area contributed by atoms with Crippen molar-refractivity contribution in [1.29, 1.82) is 0 Å². The number of aliphatic hydroxyl groups excluding tert-OH is 1. The normalized spacial score (nSPS) is 13.5. The second-order valence-electron chi connectivity index (χ2n) is 4.74. The quantitative estimate of drug-likeness (QED) is 0.743. The van der Waals surface area contributed by atoms with Gasteiger partial charge in [-0.25, -0.2) is 13.1 Å². The number of hydrogen-bond acceptors (Lipinski definition) is 3. The average Bonchev–Trinajstić information content (AvgIpc) is 2.37. The monoisotopic (exact) mass is 349 g/mol. The molecule has 0 aliphatic rings. The van der Waals surface area contributed by atoms with E-state index < -0.39 is 10.0 Å². The first-order valence-corrected chi connectivity index (χ1v) is 8.51. The predicted octanol–water partition coefficient (Wildman–Crippen LogP) is 2.44. The van der Waals surface area contributed by atoms with Crippen LogP contribution in [0.15, 0.2) is 27.6 Å². The van der Waals surface area contributed by atoms with E-state index in [4.69, 9.17) is 5.11 Å². The van der Waals surface area contributed by atoms with Gasteiger partial charge in [-0.1, -0.05) is 22.9 Å². The van der Waals surface area contributed by atoms with Gasteiger partial charge in [0.15, 0.2) is 0 Å². The van der Waals surface area contributed by atoms with E-state index in [1.165, 1.54) is 0 Å². The second-order valence-corrected chi connectivity index (χ2v) is 7.36. The number of benzene rings is 1. The molecule has 0 saturated heterocycles. The predicted molar refractivity (Wildman–Crippen MR) is 79.6 cm³/mol. The molecule has 1 unspecified atom stereocenters. The van der Waals surface area contributed by atoms with Crippen LogP contribution in [0.1, 0.15) is 25.3 Å². The summed E-state index contributed by atoms with van der Waals surface area (Å²) in [6, 6.07) is 4.95. The first kappa shape index (κ1) is 16.6. The molecule has 0 radical (unpaired) electrons. The maximum Gasteiger partial charge on any atom is 0.240 e. The van der Waals surface area contributed by atoms with E-state index in [-0.39, 0.29) is 17.4 Å². The smallest absolute Gasteiger partial charge is 0.240 e. The fourth-order valence-electron chi connectivity index (χ4n) is 1.62. The van der Waals surface area contributed by atoms with Crippen molar-refractivity contribution in [3.05, 3.63) is 28.2 Å². The van der Waals surface area contributed by atoms with Crippen molar-refractivity contribution >= 4 is 26.0 Å². The Kier molecular flexibility index (Phi) is 6.46. The molecule has 19 heavy (non-hydrogen) atoms. The zero-order valence-electron chi connectivity index (χ0n) is 11.2. The Morgan fingerprint density at radius 3 is 2.68 bits per heavy atom. The third-order valence-electron chi connectivity index (χ3n) is 2.92. The number of aryl methyl sites for hydroxylation is 1. The van der Waals surface area contributed by atoms with Crippen LogP contribution in [0.5, 0.6) is 0 Å². The minimum atomic E-state index is -3.44. The van der Waals surface area contributed by atoms with E-state index in [0.717, 1.165) is 22.9 Å². The molecule has 0 saturated carbocycles. The number of nitrogens with one attached hydrogen (secondary N) is 1. The molecule has 4 nitrogen and oxygen atoms in total. The van der Waals surface area contributed by atoms with E-state index in [1.807, 2.05) is 13.8 Å². The van der Waals surface area contributed by atoms with Crippen molar-refractivity contribution in [2.45, 2.75) is 31.6 Å². The van der Waals surface area contributed by atoms with Gasteiger partial charge in [-0.05, 0) is 49.4 Å². The molecule has 1 aromatic rings. The van der Waals surface area contributed by atoms with Crippen LogP contribution >= 0.6 is 15.9 Å². The first-order chi connectivity index (χ1) is 8.86. The molecule has 0 bridgehead atoms. The molecule has 0 fully saturated rings. The number of halogens is 1. The molecule has 6 heteroatoms. The van der Waals surface area contributed by atoms with Gasteiger partial charge in [0.1, 0.15) is 0 Å². The second kappa shape index (κ2) is 7.38. The van der Waals surface area contributed by atoms with Gasteiger partial charge < -0.3 is 5.11 Å². The topological polar surface area (TPSA) is 66.4 Å². The molecule has 1 aromatic carbocycles. The third-order valence-corrected chi connectivity index (χ3v) is 5.27. The molecular formula is C13H20BrNO3S. The summed E-state index contributed by atoms with van der Waals surface area (Å²) in [7, 11) is -3.44. The molecule has 0 heterocycles. The Morgan fingerprint density at radius 1 is 1.42 bits per heavy atom. The lowest BCUT2D eigenvalue weighted by Crippen LogP contribution is -2.25. The summed E-state index contributed by atoms with van der Waals surface area (Å²) < 4.78 is 27.5. The molecule has 1 atom stereocenters. The van der Waals surface area contributed by atoms with Crippen LogP contribution in [0.4, 0.5) is 0 Å². The Bertz CT molecular complexity index is 517. The van der Waals surface area contributed by atoms with Crippen LogP contribution in [0.2, 0.25) is 0 Å². The summed E-state index contributed by atoms with van der Waals surface area (Å²) in [6.45, 7) is 4.32. The zero-order valence-corrected chi connectivity index (χ0v) is 13.6. The summed E-state index contributed by atoms with van der Waals surface area (Å²) in [5.41, 5.74) is 0.886. The van der Waals surface area contributed by atoms with Crippen LogP contribution in [-0.2, 0) is 10.0 Å². The van der Waals surface area contributed by atoms with Crippen molar-refractivity contribution in [2.75, 3.05) is 13.2 Å². The van der Waals surface area contributed by atoms with Crippen molar-refractivity contribution in [1.82, 2.24) is 4.72 Å². The molecule has 1 rings (SSSR count). The van der Waals surface area contributed by atoms with E-state index in [0.29, 0.717) is 6.54 Å². The maximum atomic E-state index is 12.0. The Morgan fingerprint density at radius 2 is 2.11 bits per heavy atom. The number of rotatable bonds is 7. The molecule has 0 aromatic heterocycles. The Hall–Kier alpha value is -0.430. The van der Waals surface area contributed by atoms with Crippen LogP contribution in [0, 0.1) is 12.8 Å². The van der Waals surface area contributed by atoms with Gasteiger partial charge in [0.25, 0.3) is 0 Å². The SMILES string of the molecule is Cc1cc(S(=O)(=O)NCCCC(C)CO)ccc1Br. The molecule has 108 valence electrons. The number of aliphatic hydroxyl groups is 1. The highest BCUT2D eigenvalue weighted by Crippen LogP contribution is 2.19. The minimum Gasteiger partial charge on any atom is -0.396 e. The summed E-state index contributed by atoms with van der Waals surface area (Å²) in [5, 5.41) is 8.89. The first-order valence-electron chi connectivity index (χ1n) is 6.23. The minimum absolute atomic E-state index is 0.138. The van der Waals surface area contributed by atoms with Gasteiger partial charge in [-0.3, -0.25) is 0 Å². The van der Waals surface area contributed by atoms with Crippen LogP contribution in [0.25, 0.3) is 0 Å². The van der Waals surface area contributed by atoms with Gasteiger partial charge in [0, 0.05) is 17.6 Å². The van der Waals surface area contributed by atoms with E-state index >= 15 is 0 Å². The Labute approximate surface area is 123 Å². The lowest BCUT2D eigenvalue weighted by Gasteiger charge is -2.10. The molecule has 0 aliphatic carbocycles. The summed E-state index contributed by atoms with van der Waals surface area (Å²) in [5.74, 6) is 0.208. The molecule has 0 aliphatic heterocycles. The summed E-state index contributed by atoms with van der Waals surface area (Å²) >= 11 is 3.34. The standard InChI is InChI=1S/C13H20BrNO3S/c1-10(9-16)4-3-7-15-19(17,18)12-5-6-13(14)11(2)8-12/h5-6,8,10,15-16H,3-4,7,9H2,1-2H3. The maximum absolute atomic E-state index is 12.0. The average molecular weight is 350 g/mol. The van der Waals surface area contributed by atoms with E-state index in [1.54, 1.807) is 18.2 Å². The van der Waals surface area contributed by atoms with Gasteiger partial charge >= 0.3 is 0 Å². The molecule has 2 N–H and O–H groups in total. The van der Waals surface area contributed by atoms with Crippen LogP contribution < -0.4 is 4.72 Å². The van der Waals surface area contributed by atoms with E-state index in [9.17, 15) is 8.42 Å². The van der Waals surface area contributed by atoms with Gasteiger partial charge in [0.2, 0.25) is 10.0 Å². The van der Waals surface area contributed by atoms with Gasteiger partial charge in [-0.2, -0.15) is 0 Å². The summed E-state index contributed by atoms with van der Waals surface area (Å²) in [6.07, 6.45) is 1.52. The molecular weight excluding hydrogens is 330 g/mol. The lowest BCUT2D eigenvalue weighted by molar-refractivity contribution is 0.228. The zero-order chi connectivity index (χ0) is 14.5. The summed E-state index contributed by atoms with van der Waals surface area (Å²) in [4.78, 5) is 0.281. The Balaban J connectivity index is 2.58. The number of sulfonamides is 1.